The van der Waals surface area contributed by atoms with E-state index < -0.39 is 0 Å². The van der Waals surface area contributed by atoms with Crippen LogP contribution in [0.4, 0.5) is 4.39 Å². The van der Waals surface area contributed by atoms with Crippen LogP contribution in [0.2, 0.25) is 0 Å². The molecule has 0 aromatic heterocycles. The summed E-state index contributed by atoms with van der Waals surface area (Å²) in [5.74, 6) is 0.866. The Labute approximate surface area is 174 Å². The molecule has 4 rings (SSSR count). The van der Waals surface area contributed by atoms with Crippen LogP contribution < -0.4 is 4.74 Å². The molecular weight excluding hydrogens is 379 g/mol. The zero-order chi connectivity index (χ0) is 20.9. The van der Waals surface area contributed by atoms with Crippen LogP contribution in [0.5, 0.6) is 17.2 Å². The van der Waals surface area contributed by atoms with Gasteiger partial charge in [-0.05, 0) is 84.3 Å². The second kappa shape index (κ2) is 8.62. The molecule has 0 aliphatic carbocycles. The molecule has 0 fully saturated rings. The third-order valence-corrected chi connectivity index (χ3v) is 4.66. The van der Waals surface area contributed by atoms with Crippen molar-refractivity contribution in [3.8, 4) is 17.2 Å². The predicted octanol–water partition coefficient (Wildman–Crippen LogP) is 6.15. The summed E-state index contributed by atoms with van der Waals surface area (Å²) in [6.45, 7) is 0. The van der Waals surface area contributed by atoms with Gasteiger partial charge >= 0.3 is 0 Å². The Kier molecular flexibility index (Phi) is 5.57. The van der Waals surface area contributed by atoms with Crippen molar-refractivity contribution in [3.05, 3.63) is 125 Å². The highest BCUT2D eigenvalue weighted by Gasteiger charge is 2.12. The van der Waals surface area contributed by atoms with Crippen LogP contribution in [-0.4, -0.2) is 10.9 Å². The van der Waals surface area contributed by atoms with E-state index in [1.165, 1.54) is 18.2 Å². The molecule has 0 bridgehead atoms. The average molecular weight is 398 g/mol. The number of halogens is 1. The maximum Gasteiger partial charge on any atom is 0.193 e. The third kappa shape index (κ3) is 4.73. The highest BCUT2D eigenvalue weighted by Crippen LogP contribution is 2.24. The summed E-state index contributed by atoms with van der Waals surface area (Å²) in [5.41, 5.74) is 2.55. The van der Waals surface area contributed by atoms with Gasteiger partial charge < -0.3 is 9.84 Å². The van der Waals surface area contributed by atoms with Crippen molar-refractivity contribution in [2.45, 2.75) is 6.42 Å². The van der Waals surface area contributed by atoms with E-state index in [9.17, 15) is 14.3 Å². The van der Waals surface area contributed by atoms with Gasteiger partial charge in [-0.1, -0.05) is 30.3 Å². The van der Waals surface area contributed by atoms with Gasteiger partial charge in [0, 0.05) is 11.1 Å². The van der Waals surface area contributed by atoms with Crippen molar-refractivity contribution >= 4 is 5.78 Å². The first-order valence-corrected chi connectivity index (χ1v) is 9.52. The summed E-state index contributed by atoms with van der Waals surface area (Å²) in [6.07, 6.45) is 0.485. The van der Waals surface area contributed by atoms with Gasteiger partial charge in [-0.25, -0.2) is 4.39 Å². The van der Waals surface area contributed by atoms with Crippen molar-refractivity contribution < 1.29 is 19.0 Å². The second-order valence-electron chi connectivity index (χ2n) is 6.96. The number of para-hydroxylation sites is 1. The van der Waals surface area contributed by atoms with Crippen molar-refractivity contribution in [1.82, 2.24) is 0 Å². The van der Waals surface area contributed by atoms with Crippen molar-refractivity contribution in [2.24, 2.45) is 0 Å². The number of benzene rings is 4. The topological polar surface area (TPSA) is 46.5 Å². The molecule has 4 heteroatoms. The molecule has 4 aromatic rings. The van der Waals surface area contributed by atoms with Gasteiger partial charge in [0.15, 0.2) is 5.78 Å². The largest absolute Gasteiger partial charge is 0.508 e. The van der Waals surface area contributed by atoms with Crippen LogP contribution in [0.3, 0.4) is 0 Å². The number of hydrogen-bond donors (Lipinski definition) is 1. The van der Waals surface area contributed by atoms with E-state index in [1.807, 2.05) is 30.3 Å². The lowest BCUT2D eigenvalue weighted by atomic mass is 9.98. The molecule has 4 aromatic carbocycles. The predicted molar refractivity (Wildman–Crippen MR) is 114 cm³/mol. The van der Waals surface area contributed by atoms with E-state index in [2.05, 4.69) is 0 Å². The third-order valence-electron chi connectivity index (χ3n) is 4.66. The lowest BCUT2D eigenvalue weighted by Crippen LogP contribution is -2.02. The Morgan fingerprint density at radius 2 is 1.40 bits per heavy atom. The van der Waals surface area contributed by atoms with E-state index >= 15 is 0 Å². The second-order valence-corrected chi connectivity index (χ2v) is 6.96. The van der Waals surface area contributed by atoms with Crippen molar-refractivity contribution in [3.63, 3.8) is 0 Å². The van der Waals surface area contributed by atoms with Gasteiger partial charge in [0.1, 0.15) is 23.1 Å². The van der Waals surface area contributed by atoms with Gasteiger partial charge in [0.25, 0.3) is 0 Å². The monoisotopic (exact) mass is 398 g/mol. The number of aromatic hydroxyl groups is 1. The summed E-state index contributed by atoms with van der Waals surface area (Å²) >= 11 is 0. The van der Waals surface area contributed by atoms with Crippen LogP contribution >= 0.6 is 0 Å². The number of carbonyl (C=O) groups is 1. The molecule has 1 N–H and O–H groups in total. The molecule has 0 aliphatic heterocycles. The van der Waals surface area contributed by atoms with Gasteiger partial charge in [0.05, 0.1) is 0 Å². The van der Waals surface area contributed by atoms with Crippen LogP contribution in [0.15, 0.2) is 97.1 Å². The number of phenolic OH excluding ortho intramolecular Hbond substituents is 1. The van der Waals surface area contributed by atoms with E-state index in [-0.39, 0.29) is 17.3 Å². The van der Waals surface area contributed by atoms with Crippen LogP contribution in [0, 0.1) is 5.82 Å². The molecule has 0 spiro atoms. The normalized spacial score (nSPS) is 10.6. The standard InChI is InChI=1S/C26H19FO3/c27-22-10-6-18(7-11-22)14-19-15-21(17-23(28)16-19)26(29)20-8-12-25(13-9-20)30-24-4-2-1-3-5-24/h1-13,15-17,28H,14H2. The zero-order valence-electron chi connectivity index (χ0n) is 16.1. The molecule has 0 radical (unpaired) electrons. The fraction of sp³-hybridized carbons (Fsp3) is 0.0385. The first-order chi connectivity index (χ1) is 14.6. The zero-order valence-corrected chi connectivity index (χ0v) is 16.1. The van der Waals surface area contributed by atoms with E-state index in [4.69, 9.17) is 4.74 Å². The van der Waals surface area contributed by atoms with Gasteiger partial charge in [-0.15, -0.1) is 0 Å². The summed E-state index contributed by atoms with van der Waals surface area (Å²) in [6, 6.07) is 27.2. The number of hydrogen-bond acceptors (Lipinski definition) is 3. The van der Waals surface area contributed by atoms with Gasteiger partial charge in [-0.2, -0.15) is 0 Å². The molecular formula is C26H19FO3. The number of ketones is 1. The van der Waals surface area contributed by atoms with Crippen LogP contribution in [0.1, 0.15) is 27.0 Å². The quantitative estimate of drug-likeness (QED) is 0.397. The molecule has 30 heavy (non-hydrogen) atoms. The van der Waals surface area contributed by atoms with E-state index in [1.54, 1.807) is 48.5 Å². The van der Waals surface area contributed by atoms with Crippen LogP contribution in [0.25, 0.3) is 0 Å². The summed E-state index contributed by atoms with van der Waals surface area (Å²) in [5, 5.41) is 10.1. The Hall–Kier alpha value is -3.92. The highest BCUT2D eigenvalue weighted by atomic mass is 19.1. The first-order valence-electron chi connectivity index (χ1n) is 9.52. The SMILES string of the molecule is O=C(c1ccc(Oc2ccccc2)cc1)c1cc(O)cc(Cc2ccc(F)cc2)c1. The Morgan fingerprint density at radius 1 is 0.733 bits per heavy atom. The van der Waals surface area contributed by atoms with E-state index in [0.29, 0.717) is 23.3 Å². The number of ether oxygens (including phenoxy) is 1. The fourth-order valence-corrected chi connectivity index (χ4v) is 3.21. The first kappa shape index (κ1) is 19.4. The van der Waals surface area contributed by atoms with Gasteiger partial charge in [0.2, 0.25) is 0 Å². The number of rotatable bonds is 6. The molecule has 0 saturated carbocycles. The number of phenols is 1. The van der Waals surface area contributed by atoms with Gasteiger partial charge in [-0.3, -0.25) is 4.79 Å². The number of carbonyl (C=O) groups excluding carboxylic acids is 1. The Balaban J connectivity index is 1.52. The molecule has 0 saturated heterocycles. The minimum Gasteiger partial charge on any atom is -0.508 e. The van der Waals surface area contributed by atoms with Crippen molar-refractivity contribution in [1.29, 1.82) is 0 Å². The molecule has 0 aliphatic rings. The summed E-state index contributed by atoms with van der Waals surface area (Å²) in [4.78, 5) is 12.9. The maximum atomic E-state index is 13.1. The molecule has 0 amide bonds. The highest BCUT2D eigenvalue weighted by molar-refractivity contribution is 6.09. The summed E-state index contributed by atoms with van der Waals surface area (Å²) in [7, 11) is 0. The van der Waals surface area contributed by atoms with E-state index in [0.717, 1.165) is 16.9 Å². The van der Waals surface area contributed by atoms with Crippen LogP contribution in [-0.2, 0) is 6.42 Å². The minimum absolute atomic E-state index is 0.0157. The summed E-state index contributed by atoms with van der Waals surface area (Å²) < 4.78 is 18.9. The molecule has 148 valence electrons. The lowest BCUT2D eigenvalue weighted by molar-refractivity contribution is 0.103. The molecule has 0 atom stereocenters. The molecule has 0 unspecified atom stereocenters. The lowest BCUT2D eigenvalue weighted by Gasteiger charge is -2.09. The molecule has 0 heterocycles. The minimum atomic E-state index is -0.301. The Bertz CT molecular complexity index is 1150. The maximum absolute atomic E-state index is 13.1. The van der Waals surface area contributed by atoms with Crippen molar-refractivity contribution in [2.75, 3.05) is 0 Å². The fourth-order valence-electron chi connectivity index (χ4n) is 3.21. The smallest absolute Gasteiger partial charge is 0.193 e. The molecule has 3 nitrogen and oxygen atoms in total. The Morgan fingerprint density at radius 3 is 2.10 bits per heavy atom. The average Bonchev–Trinajstić information content (AvgIpc) is 2.76.